The predicted molar refractivity (Wildman–Crippen MR) is 80.6 cm³/mol. The molecule has 0 fully saturated rings. The van der Waals surface area contributed by atoms with Crippen molar-refractivity contribution < 1.29 is 4.79 Å². The van der Waals surface area contributed by atoms with Crippen molar-refractivity contribution in [1.82, 2.24) is 4.90 Å². The number of carbonyl (C=O) groups is 1. The molecule has 4 heteroatoms. The SMILES string of the molecule is CSCCC(C)N(C)C(=O)c1cccc(CCl)c1. The highest BCUT2D eigenvalue weighted by Gasteiger charge is 2.17. The van der Waals surface area contributed by atoms with Crippen molar-refractivity contribution in [3.05, 3.63) is 35.4 Å². The minimum absolute atomic E-state index is 0.0653. The number of nitrogens with zero attached hydrogens (tertiary/aromatic N) is 1. The van der Waals surface area contributed by atoms with Gasteiger partial charge in [-0.2, -0.15) is 11.8 Å². The Bertz CT molecular complexity index is 397. The molecule has 18 heavy (non-hydrogen) atoms. The Labute approximate surface area is 119 Å². The molecule has 0 aliphatic heterocycles. The highest BCUT2D eigenvalue weighted by atomic mass is 35.5. The molecule has 0 N–H and O–H groups in total. The molecule has 1 aromatic rings. The Kier molecular flexibility index (Phi) is 6.58. The lowest BCUT2D eigenvalue weighted by molar-refractivity contribution is 0.0741. The summed E-state index contributed by atoms with van der Waals surface area (Å²) < 4.78 is 0. The third kappa shape index (κ3) is 4.21. The van der Waals surface area contributed by atoms with E-state index in [-0.39, 0.29) is 11.9 Å². The molecule has 1 atom stereocenters. The average molecular weight is 286 g/mol. The molecule has 0 saturated carbocycles. The fourth-order valence-corrected chi connectivity index (χ4v) is 2.42. The van der Waals surface area contributed by atoms with Crippen molar-refractivity contribution in [1.29, 1.82) is 0 Å². The molecule has 0 saturated heterocycles. The first-order chi connectivity index (χ1) is 8.60. The Morgan fingerprint density at radius 2 is 2.22 bits per heavy atom. The van der Waals surface area contributed by atoms with Crippen molar-refractivity contribution in [2.45, 2.75) is 25.3 Å². The maximum absolute atomic E-state index is 12.3. The third-order valence-electron chi connectivity index (χ3n) is 3.05. The van der Waals surface area contributed by atoms with Crippen molar-refractivity contribution in [2.75, 3.05) is 19.1 Å². The fourth-order valence-electron chi connectivity index (χ4n) is 1.67. The summed E-state index contributed by atoms with van der Waals surface area (Å²) in [5.74, 6) is 1.57. The number of benzene rings is 1. The molecule has 1 unspecified atom stereocenters. The van der Waals surface area contributed by atoms with Gasteiger partial charge in [-0.25, -0.2) is 0 Å². The zero-order chi connectivity index (χ0) is 13.5. The molecule has 0 aliphatic rings. The van der Waals surface area contributed by atoms with Gasteiger partial charge in [0, 0.05) is 24.5 Å². The van der Waals surface area contributed by atoms with Crippen LogP contribution in [0.25, 0.3) is 0 Å². The van der Waals surface area contributed by atoms with E-state index in [0.717, 1.165) is 17.7 Å². The molecule has 1 amide bonds. The molecule has 0 aliphatic carbocycles. The van der Waals surface area contributed by atoms with Crippen LogP contribution in [0.1, 0.15) is 29.3 Å². The summed E-state index contributed by atoms with van der Waals surface area (Å²) in [6, 6.07) is 7.78. The van der Waals surface area contributed by atoms with Gasteiger partial charge in [0.1, 0.15) is 0 Å². The third-order valence-corrected chi connectivity index (χ3v) is 4.00. The number of amides is 1. The first kappa shape index (κ1) is 15.4. The van der Waals surface area contributed by atoms with Gasteiger partial charge >= 0.3 is 0 Å². The second-order valence-corrected chi connectivity index (χ2v) is 5.63. The molecule has 0 radical (unpaired) electrons. The van der Waals surface area contributed by atoms with Crippen LogP contribution in [0, 0.1) is 0 Å². The van der Waals surface area contributed by atoms with Crippen LogP contribution in [0.2, 0.25) is 0 Å². The van der Waals surface area contributed by atoms with Crippen LogP contribution in [-0.4, -0.2) is 35.9 Å². The Morgan fingerprint density at radius 1 is 1.50 bits per heavy atom. The summed E-state index contributed by atoms with van der Waals surface area (Å²) in [5.41, 5.74) is 1.69. The van der Waals surface area contributed by atoms with Gasteiger partial charge in [-0.15, -0.1) is 11.6 Å². The summed E-state index contributed by atoms with van der Waals surface area (Å²) in [4.78, 5) is 14.1. The summed E-state index contributed by atoms with van der Waals surface area (Å²) in [6.07, 6.45) is 3.09. The molecule has 0 heterocycles. The number of rotatable bonds is 6. The Balaban J connectivity index is 2.72. The first-order valence-electron chi connectivity index (χ1n) is 6.01. The Morgan fingerprint density at radius 3 is 2.83 bits per heavy atom. The van der Waals surface area contributed by atoms with Gasteiger partial charge in [-0.1, -0.05) is 12.1 Å². The van der Waals surface area contributed by atoms with Crippen LogP contribution in [0.3, 0.4) is 0 Å². The maximum atomic E-state index is 12.3. The topological polar surface area (TPSA) is 20.3 Å². The predicted octanol–water partition coefficient (Wildman–Crippen LogP) is 3.64. The number of alkyl halides is 1. The fraction of sp³-hybridized carbons (Fsp3) is 0.500. The van der Waals surface area contributed by atoms with Gasteiger partial charge in [0.2, 0.25) is 0 Å². The summed E-state index contributed by atoms with van der Waals surface area (Å²) >= 11 is 7.59. The van der Waals surface area contributed by atoms with E-state index in [1.54, 1.807) is 11.8 Å². The largest absolute Gasteiger partial charge is 0.339 e. The molecule has 2 nitrogen and oxygen atoms in total. The van der Waals surface area contributed by atoms with Crippen LogP contribution in [0.15, 0.2) is 24.3 Å². The second kappa shape index (κ2) is 7.70. The van der Waals surface area contributed by atoms with E-state index in [1.807, 2.05) is 36.2 Å². The van der Waals surface area contributed by atoms with E-state index >= 15 is 0 Å². The maximum Gasteiger partial charge on any atom is 0.253 e. The molecule has 0 aromatic heterocycles. The lowest BCUT2D eigenvalue weighted by Crippen LogP contribution is -2.35. The van der Waals surface area contributed by atoms with Gasteiger partial charge < -0.3 is 4.90 Å². The summed E-state index contributed by atoms with van der Waals surface area (Å²) in [6.45, 7) is 2.08. The minimum atomic E-state index is 0.0653. The van der Waals surface area contributed by atoms with Crippen LogP contribution in [-0.2, 0) is 5.88 Å². The van der Waals surface area contributed by atoms with E-state index in [0.29, 0.717) is 11.4 Å². The molecule has 0 spiro atoms. The quantitative estimate of drug-likeness (QED) is 0.744. The van der Waals surface area contributed by atoms with Crippen LogP contribution in [0.4, 0.5) is 0 Å². The number of carbonyl (C=O) groups excluding carboxylic acids is 1. The van der Waals surface area contributed by atoms with Gasteiger partial charge in [0.25, 0.3) is 5.91 Å². The lowest BCUT2D eigenvalue weighted by Gasteiger charge is -2.25. The van der Waals surface area contributed by atoms with Gasteiger partial charge in [0.15, 0.2) is 0 Å². The van der Waals surface area contributed by atoms with Gasteiger partial charge in [-0.3, -0.25) is 4.79 Å². The van der Waals surface area contributed by atoms with Crippen molar-refractivity contribution in [3.8, 4) is 0 Å². The molecule has 1 rings (SSSR count). The first-order valence-corrected chi connectivity index (χ1v) is 7.94. The summed E-state index contributed by atoms with van der Waals surface area (Å²) in [7, 11) is 1.86. The molecule has 0 bridgehead atoms. The summed E-state index contributed by atoms with van der Waals surface area (Å²) in [5, 5.41) is 0. The monoisotopic (exact) mass is 285 g/mol. The minimum Gasteiger partial charge on any atom is -0.339 e. The smallest absolute Gasteiger partial charge is 0.253 e. The van der Waals surface area contributed by atoms with Crippen molar-refractivity contribution in [2.24, 2.45) is 0 Å². The lowest BCUT2D eigenvalue weighted by atomic mass is 10.1. The zero-order valence-corrected chi connectivity index (χ0v) is 12.7. The molecule has 100 valence electrons. The number of thioether (sulfide) groups is 1. The van der Waals surface area contributed by atoms with E-state index < -0.39 is 0 Å². The average Bonchev–Trinajstić information content (AvgIpc) is 2.43. The number of halogens is 1. The van der Waals surface area contributed by atoms with Gasteiger partial charge in [-0.05, 0) is 43.0 Å². The molecular weight excluding hydrogens is 266 g/mol. The van der Waals surface area contributed by atoms with Crippen LogP contribution >= 0.6 is 23.4 Å². The van der Waals surface area contributed by atoms with E-state index in [2.05, 4.69) is 13.2 Å². The van der Waals surface area contributed by atoms with E-state index in [9.17, 15) is 4.79 Å². The zero-order valence-electron chi connectivity index (χ0n) is 11.1. The van der Waals surface area contributed by atoms with Crippen molar-refractivity contribution in [3.63, 3.8) is 0 Å². The molecular formula is C14H20ClNOS. The van der Waals surface area contributed by atoms with Gasteiger partial charge in [0.05, 0.1) is 0 Å². The van der Waals surface area contributed by atoms with Crippen LogP contribution < -0.4 is 0 Å². The van der Waals surface area contributed by atoms with E-state index in [1.165, 1.54) is 0 Å². The molecule has 1 aromatic carbocycles. The second-order valence-electron chi connectivity index (χ2n) is 4.38. The highest BCUT2D eigenvalue weighted by molar-refractivity contribution is 7.98. The Hall–Kier alpha value is -0.670. The normalized spacial score (nSPS) is 12.2. The number of hydrogen-bond donors (Lipinski definition) is 0. The van der Waals surface area contributed by atoms with E-state index in [4.69, 9.17) is 11.6 Å². The van der Waals surface area contributed by atoms with Crippen LogP contribution in [0.5, 0.6) is 0 Å². The van der Waals surface area contributed by atoms with Crippen molar-refractivity contribution >= 4 is 29.3 Å². The standard InChI is InChI=1S/C14H20ClNOS/c1-11(7-8-18-3)16(2)14(17)13-6-4-5-12(9-13)10-15/h4-6,9,11H,7-8,10H2,1-3H3. The highest BCUT2D eigenvalue weighted by Crippen LogP contribution is 2.13. The number of hydrogen-bond acceptors (Lipinski definition) is 2.